The second-order valence-electron chi connectivity index (χ2n) is 5.95. The molecule has 0 aromatic carbocycles. The largest absolute Gasteiger partial charge is 0.466 e. The van der Waals surface area contributed by atoms with Gasteiger partial charge in [-0.25, -0.2) is 4.79 Å². The zero-order chi connectivity index (χ0) is 18.4. The minimum atomic E-state index is -0.867. The highest BCUT2D eigenvalue weighted by molar-refractivity contribution is 5.81. The summed E-state index contributed by atoms with van der Waals surface area (Å²) >= 11 is 0. The maximum atomic E-state index is 11.0. The predicted octanol–water partition coefficient (Wildman–Crippen LogP) is 3.59. The first-order valence-corrected chi connectivity index (χ1v) is 8.22. The molecule has 0 amide bonds. The number of carbonyl (C=O) groups excluding carboxylic acids is 1. The number of esters is 1. The normalized spacial score (nSPS) is 12.9. The van der Waals surface area contributed by atoms with Gasteiger partial charge in [-0.15, -0.1) is 0 Å². The molecule has 0 aliphatic rings. The average molecular weight is 339 g/mol. The van der Waals surface area contributed by atoms with E-state index in [1.807, 2.05) is 13.8 Å². The zero-order valence-electron chi connectivity index (χ0n) is 14.9. The van der Waals surface area contributed by atoms with Crippen LogP contribution >= 0.6 is 0 Å². The predicted molar refractivity (Wildman–Crippen MR) is 94.2 cm³/mol. The number of nitrogens with zero attached hydrogens (tertiary/aromatic N) is 1. The molecular formula is C18H29NO5. The van der Waals surface area contributed by atoms with E-state index in [0.717, 1.165) is 32.1 Å². The van der Waals surface area contributed by atoms with Gasteiger partial charge in [-0.1, -0.05) is 35.8 Å². The van der Waals surface area contributed by atoms with Crippen LogP contribution in [-0.2, 0) is 9.53 Å². The summed E-state index contributed by atoms with van der Waals surface area (Å²) in [5, 5.41) is 19.8. The van der Waals surface area contributed by atoms with E-state index < -0.39 is 17.6 Å². The number of methoxy groups -OCH3 is 1. The van der Waals surface area contributed by atoms with Crippen LogP contribution in [0.25, 0.3) is 0 Å². The molecule has 0 aliphatic carbocycles. The van der Waals surface area contributed by atoms with Gasteiger partial charge in [0, 0.05) is 11.0 Å². The van der Waals surface area contributed by atoms with Crippen molar-refractivity contribution in [2.24, 2.45) is 0 Å². The van der Waals surface area contributed by atoms with Crippen molar-refractivity contribution in [2.75, 3.05) is 13.7 Å². The molecule has 0 aliphatic heterocycles. The molecule has 0 bridgehead atoms. The molecule has 0 rings (SSSR count). The van der Waals surface area contributed by atoms with Crippen molar-refractivity contribution < 1.29 is 19.6 Å². The summed E-state index contributed by atoms with van der Waals surface area (Å²) in [6.07, 6.45) is 11.0. The van der Waals surface area contributed by atoms with Gasteiger partial charge in [-0.2, -0.15) is 0 Å². The highest BCUT2D eigenvalue weighted by Gasteiger charge is 2.10. The van der Waals surface area contributed by atoms with Gasteiger partial charge in [0.1, 0.15) is 6.10 Å². The number of hydrogen-bond acceptors (Lipinski definition) is 5. The summed E-state index contributed by atoms with van der Waals surface area (Å²) in [6.45, 7) is 3.66. The molecule has 6 heteroatoms. The molecule has 0 heterocycles. The number of rotatable bonds is 12. The van der Waals surface area contributed by atoms with Crippen molar-refractivity contribution in [2.45, 2.75) is 58.5 Å². The van der Waals surface area contributed by atoms with E-state index in [9.17, 15) is 20.0 Å². The molecule has 1 unspecified atom stereocenters. The van der Waals surface area contributed by atoms with E-state index in [1.54, 1.807) is 6.08 Å². The number of carbonyl (C=O) groups is 1. The Labute approximate surface area is 144 Å². The number of unbranched alkanes of at least 4 members (excludes halogenated alkanes) is 1. The first-order valence-electron chi connectivity index (χ1n) is 8.22. The maximum Gasteiger partial charge on any atom is 0.330 e. The zero-order valence-corrected chi connectivity index (χ0v) is 14.9. The Morgan fingerprint density at radius 1 is 1.25 bits per heavy atom. The molecule has 24 heavy (non-hydrogen) atoms. The Hall–Kier alpha value is -1.95. The van der Waals surface area contributed by atoms with Crippen LogP contribution in [0.4, 0.5) is 0 Å². The third kappa shape index (κ3) is 13.7. The summed E-state index contributed by atoms with van der Waals surface area (Å²) < 4.78 is 4.54. The Morgan fingerprint density at radius 3 is 2.54 bits per heavy atom. The first-order chi connectivity index (χ1) is 11.3. The number of aliphatic hydroxyl groups is 1. The number of hydrogen-bond donors (Lipinski definition) is 1. The van der Waals surface area contributed by atoms with E-state index >= 15 is 0 Å². The van der Waals surface area contributed by atoms with Gasteiger partial charge in [0.2, 0.25) is 6.54 Å². The van der Waals surface area contributed by atoms with Crippen LogP contribution in [0.2, 0.25) is 0 Å². The lowest BCUT2D eigenvalue weighted by Gasteiger charge is -2.08. The topological polar surface area (TPSA) is 89.7 Å². The standard InChI is InChI=1S/C18H29NO5/c1-15(2)12-13-16(9-5-7-11-18(21)24-3)8-4-6-10-17(20)14-19(22)23/h7,11-13,17,20H,4-6,8-10,14H2,1-3H3/b11-7+,16-13-. The van der Waals surface area contributed by atoms with Gasteiger partial charge in [0.25, 0.3) is 0 Å². The molecule has 0 fully saturated rings. The van der Waals surface area contributed by atoms with Crippen molar-refractivity contribution in [3.8, 4) is 0 Å². The van der Waals surface area contributed by atoms with Crippen LogP contribution in [0.1, 0.15) is 52.4 Å². The van der Waals surface area contributed by atoms with E-state index in [1.165, 1.54) is 24.3 Å². The Morgan fingerprint density at radius 2 is 1.96 bits per heavy atom. The van der Waals surface area contributed by atoms with Gasteiger partial charge in [-0.05, 0) is 46.0 Å². The number of aliphatic hydroxyl groups excluding tert-OH is 1. The lowest BCUT2D eigenvalue weighted by Crippen LogP contribution is -2.19. The summed E-state index contributed by atoms with van der Waals surface area (Å²) in [4.78, 5) is 20.8. The minimum absolute atomic E-state index is 0.357. The summed E-state index contributed by atoms with van der Waals surface area (Å²) in [5.41, 5.74) is 2.47. The third-order valence-electron chi connectivity index (χ3n) is 3.38. The van der Waals surface area contributed by atoms with E-state index in [2.05, 4.69) is 16.9 Å². The van der Waals surface area contributed by atoms with Gasteiger partial charge < -0.3 is 9.84 Å². The Balaban J connectivity index is 4.30. The highest BCUT2D eigenvalue weighted by Crippen LogP contribution is 2.16. The second-order valence-corrected chi connectivity index (χ2v) is 5.95. The smallest absolute Gasteiger partial charge is 0.330 e. The Bertz CT molecular complexity index is 476. The lowest BCUT2D eigenvalue weighted by molar-refractivity contribution is -0.490. The first kappa shape index (κ1) is 22.1. The van der Waals surface area contributed by atoms with Crippen molar-refractivity contribution in [3.63, 3.8) is 0 Å². The van der Waals surface area contributed by atoms with Crippen molar-refractivity contribution >= 4 is 5.97 Å². The fourth-order valence-corrected chi connectivity index (χ4v) is 2.09. The van der Waals surface area contributed by atoms with Gasteiger partial charge in [0.05, 0.1) is 7.11 Å². The molecule has 0 saturated carbocycles. The average Bonchev–Trinajstić information content (AvgIpc) is 2.50. The molecule has 0 saturated heterocycles. The van der Waals surface area contributed by atoms with Crippen LogP contribution in [0.15, 0.2) is 35.5 Å². The number of allylic oxidation sites excluding steroid dienone is 5. The maximum absolute atomic E-state index is 11.0. The van der Waals surface area contributed by atoms with Crippen LogP contribution in [0, 0.1) is 10.1 Å². The minimum Gasteiger partial charge on any atom is -0.466 e. The Kier molecular flexibility index (Phi) is 12.4. The quantitative estimate of drug-likeness (QED) is 0.147. The molecular weight excluding hydrogens is 310 g/mol. The van der Waals surface area contributed by atoms with Crippen molar-refractivity contribution in [1.82, 2.24) is 0 Å². The SMILES string of the molecule is COC(=O)/C=C/CC/C(=C\C=C(C)C)CCCCC(O)C[N+](=O)[O-]. The molecule has 0 aromatic rings. The molecule has 6 nitrogen and oxygen atoms in total. The van der Waals surface area contributed by atoms with Crippen molar-refractivity contribution in [1.29, 1.82) is 0 Å². The van der Waals surface area contributed by atoms with Gasteiger partial charge >= 0.3 is 5.97 Å². The monoisotopic (exact) mass is 339 g/mol. The number of ether oxygens (including phenoxy) is 1. The summed E-state index contributed by atoms with van der Waals surface area (Å²) in [7, 11) is 1.35. The van der Waals surface area contributed by atoms with E-state index in [0.29, 0.717) is 6.42 Å². The molecule has 136 valence electrons. The third-order valence-corrected chi connectivity index (χ3v) is 3.38. The second kappa shape index (κ2) is 13.5. The van der Waals surface area contributed by atoms with E-state index in [4.69, 9.17) is 0 Å². The van der Waals surface area contributed by atoms with Crippen molar-refractivity contribution in [3.05, 3.63) is 45.6 Å². The van der Waals surface area contributed by atoms with Gasteiger partial charge in [-0.3, -0.25) is 10.1 Å². The fraction of sp³-hybridized carbons (Fsp3) is 0.611. The lowest BCUT2D eigenvalue weighted by atomic mass is 10.0. The van der Waals surface area contributed by atoms with Crippen LogP contribution in [0.5, 0.6) is 0 Å². The van der Waals surface area contributed by atoms with Crippen LogP contribution in [0.3, 0.4) is 0 Å². The number of nitro groups is 1. The molecule has 0 aromatic heterocycles. The molecule has 1 atom stereocenters. The molecule has 0 radical (unpaired) electrons. The van der Waals surface area contributed by atoms with E-state index in [-0.39, 0.29) is 5.97 Å². The summed E-state index contributed by atoms with van der Waals surface area (Å²) in [5.74, 6) is -0.357. The van der Waals surface area contributed by atoms with Crippen LogP contribution in [-0.4, -0.2) is 35.8 Å². The summed E-state index contributed by atoms with van der Waals surface area (Å²) in [6, 6.07) is 0. The van der Waals surface area contributed by atoms with Gasteiger partial charge in [0.15, 0.2) is 0 Å². The fourth-order valence-electron chi connectivity index (χ4n) is 2.09. The molecule has 1 N–H and O–H groups in total. The highest BCUT2D eigenvalue weighted by atomic mass is 16.6. The molecule has 0 spiro atoms. The van der Waals surface area contributed by atoms with Crippen LogP contribution < -0.4 is 0 Å².